The van der Waals surface area contributed by atoms with Crippen molar-refractivity contribution in [1.29, 1.82) is 0 Å². The topological polar surface area (TPSA) is 25.0 Å². The molecule has 0 bridgehead atoms. The maximum absolute atomic E-state index is 3.49. The van der Waals surface area contributed by atoms with Crippen molar-refractivity contribution in [3.05, 3.63) is 194 Å². The van der Waals surface area contributed by atoms with Crippen molar-refractivity contribution >= 4 is 143 Å². The van der Waals surface area contributed by atoms with Crippen LogP contribution in [0.5, 0.6) is 0 Å². The molecule has 8 rings (SSSR count). The van der Waals surface area contributed by atoms with Gasteiger partial charge >= 0.3 is 129 Å². The van der Waals surface area contributed by atoms with Gasteiger partial charge in [0.2, 0.25) is 0 Å². The van der Waals surface area contributed by atoms with Gasteiger partial charge in [-0.2, -0.15) is 0 Å². The van der Waals surface area contributed by atoms with Crippen LogP contribution < -0.4 is 0 Å². The number of halogens is 6. The molecular weight excluding hydrogens is 1730 g/mol. The van der Waals surface area contributed by atoms with Crippen LogP contribution in [0.25, 0.3) is 0 Å². The van der Waals surface area contributed by atoms with Gasteiger partial charge in [-0.25, -0.2) is 19.6 Å². The van der Waals surface area contributed by atoms with Gasteiger partial charge < -0.3 is 0 Å². The van der Waals surface area contributed by atoms with E-state index in [0.717, 1.165) is 51.9 Å². The van der Waals surface area contributed by atoms with Crippen LogP contribution in [0.2, 0.25) is 0 Å². The van der Waals surface area contributed by atoms with Crippen molar-refractivity contribution in [2.45, 2.75) is 79.1 Å². The summed E-state index contributed by atoms with van der Waals surface area (Å²) in [5.74, 6) is 0. The Morgan fingerprint density at radius 1 is 0.357 bits per heavy atom. The molecule has 4 aliphatic rings. The molecule has 4 aromatic carbocycles. The summed E-state index contributed by atoms with van der Waals surface area (Å²) in [6, 6.07) is 42.6. The van der Waals surface area contributed by atoms with Crippen molar-refractivity contribution in [1.82, 2.24) is 19.6 Å². The predicted octanol–water partition coefficient (Wildman–Crippen LogP) is 14.3. The van der Waals surface area contributed by atoms with Crippen molar-refractivity contribution < 1.29 is 29.1 Å². The molecule has 0 aromatic heterocycles. The van der Waals surface area contributed by atoms with E-state index < -0.39 is 0 Å². The van der Waals surface area contributed by atoms with Gasteiger partial charge in [-0.1, -0.05) is 99.9 Å². The van der Waals surface area contributed by atoms with Gasteiger partial charge in [0.15, 0.2) is 24.7 Å². The molecule has 4 aromatic rings. The van der Waals surface area contributed by atoms with E-state index in [2.05, 4.69) is 356 Å². The molecule has 4 heterocycles. The van der Waals surface area contributed by atoms with E-state index in [1.165, 1.54) is 72.6 Å². The van der Waals surface area contributed by atoms with E-state index in [0.29, 0.717) is 13.3 Å². The number of hydrogen-bond donors (Lipinski definition) is 0. The molecule has 380 valence electrons. The first-order chi connectivity index (χ1) is 34.1. The van der Waals surface area contributed by atoms with E-state index >= 15 is 0 Å². The SMILES string of the molecule is CCCC[N+]1=C[C]N(CN2[C]C=[N+](CCCC)[C-]2c2ccccc2)[C-]1c1ccccc1.CCCC[N+]1=C[C]N(CN2[C]C=[N+](CCCC)[C-]2c2ccccc2)[C-]1c1ccccc1.[I][Rh]([I])[I].[I][Rh]([I])[I]. The van der Waals surface area contributed by atoms with E-state index in [-0.39, 0.29) is 10.8 Å². The second kappa shape index (κ2) is 35.0. The summed E-state index contributed by atoms with van der Waals surface area (Å²) in [6.07, 6.45) is 22.5. The average molecular weight is 1790 g/mol. The van der Waals surface area contributed by atoms with E-state index in [4.69, 9.17) is 0 Å². The molecule has 8 radical (unpaired) electrons. The van der Waals surface area contributed by atoms with E-state index in [9.17, 15) is 0 Å². The molecule has 0 amide bonds. The van der Waals surface area contributed by atoms with E-state index in [1.54, 1.807) is 0 Å². The summed E-state index contributed by atoms with van der Waals surface area (Å²) in [6.45, 7) is 28.3. The summed E-state index contributed by atoms with van der Waals surface area (Å²) in [4.78, 5) is 8.88. The number of unbranched alkanes of at least 4 members (excludes halogenated alkanes) is 4. The third-order valence-electron chi connectivity index (χ3n) is 11.3. The Morgan fingerprint density at radius 3 is 0.714 bits per heavy atom. The quantitative estimate of drug-likeness (QED) is 0.0381. The van der Waals surface area contributed by atoms with E-state index in [1.807, 2.05) is 0 Å². The van der Waals surface area contributed by atoms with Crippen LogP contribution in [-0.4, -0.2) is 102 Å². The molecule has 0 unspecified atom stereocenters. The number of hydrogen-bond acceptors (Lipinski definition) is 4. The summed E-state index contributed by atoms with van der Waals surface area (Å²) in [5, 5.41) is -0.333. The molecule has 0 aliphatic carbocycles. The van der Waals surface area contributed by atoms with Crippen LogP contribution in [-0.2, 0) is 10.8 Å². The van der Waals surface area contributed by atoms with Crippen LogP contribution in [0, 0.1) is 50.8 Å². The van der Waals surface area contributed by atoms with Crippen molar-refractivity contribution in [2.75, 3.05) is 39.5 Å². The molecule has 0 N–H and O–H groups in total. The fraction of sp³-hybridized carbons (Fsp3) is 0.333. The Balaban J connectivity index is 0.000000226. The Labute approximate surface area is 497 Å². The van der Waals surface area contributed by atoms with Gasteiger partial charge in [0.05, 0.1) is 13.3 Å². The summed E-state index contributed by atoms with van der Waals surface area (Å²) >= 11 is 14.7. The zero-order valence-corrected chi connectivity index (χ0v) is 56.5. The predicted molar refractivity (Wildman–Crippen MR) is 334 cm³/mol. The zero-order valence-electron chi connectivity index (χ0n) is 40.3. The monoisotopic (exact) mass is 1790 g/mol. The van der Waals surface area contributed by atoms with Crippen molar-refractivity contribution in [2.24, 2.45) is 0 Å². The van der Waals surface area contributed by atoms with Crippen molar-refractivity contribution in [3.63, 3.8) is 0 Å². The Kier molecular flexibility index (Phi) is 30.7. The van der Waals surface area contributed by atoms with Gasteiger partial charge in [0.1, 0.15) is 77.2 Å². The zero-order chi connectivity index (χ0) is 50.1. The van der Waals surface area contributed by atoms with Crippen LogP contribution >= 0.6 is 119 Å². The average Bonchev–Trinajstić information content (AvgIpc) is 4.18. The third kappa shape index (κ3) is 20.1. The summed E-state index contributed by atoms with van der Waals surface area (Å²) in [7, 11) is 0. The number of benzene rings is 4. The van der Waals surface area contributed by atoms with Gasteiger partial charge in [-0.3, -0.25) is 18.3 Å². The molecule has 8 nitrogen and oxygen atoms in total. The number of rotatable bonds is 20. The van der Waals surface area contributed by atoms with Crippen LogP contribution in [0.1, 0.15) is 101 Å². The Bertz CT molecular complexity index is 1880. The Hall–Kier alpha value is 0.507. The maximum atomic E-state index is 3.49. The third-order valence-corrected chi connectivity index (χ3v) is 11.3. The normalized spacial score (nSPS) is 16.7. The molecule has 70 heavy (non-hydrogen) atoms. The molecule has 0 saturated heterocycles. The standard InChI is InChI=1S/2C27H32N4.6HI.2Rh/c2*1-3-5-17-28-19-21-30(26(28)24-13-9-7-10-14-24)23-31-22-20-29(18-6-4-2)27(31)25-15-11-8-12-16-25;;;;;;;;/h2*7-16,19-20H,3-6,17-18,23H2,1-2H3;6*1H;;/q;;;;;;;;2*+3/p-6. The molecular formula is C54H64I6N8Rh2. The fourth-order valence-electron chi connectivity index (χ4n) is 8.01. The molecule has 16 heteroatoms. The molecule has 0 fully saturated rings. The Morgan fingerprint density at radius 2 is 0.543 bits per heavy atom. The summed E-state index contributed by atoms with van der Waals surface area (Å²) in [5.41, 5.74) is 4.86. The minimum absolute atomic E-state index is 0.167. The molecule has 0 spiro atoms. The van der Waals surface area contributed by atoms with Gasteiger partial charge in [-0.15, -0.1) is 97.1 Å². The van der Waals surface area contributed by atoms with Crippen molar-refractivity contribution in [3.8, 4) is 0 Å². The summed E-state index contributed by atoms with van der Waals surface area (Å²) < 4.78 is 9.32. The van der Waals surface area contributed by atoms with Gasteiger partial charge in [0.25, 0.3) is 0 Å². The van der Waals surface area contributed by atoms with Crippen LogP contribution in [0.15, 0.2) is 121 Å². The second-order valence-corrected chi connectivity index (χ2v) is 92.0. The number of nitrogens with zero attached hydrogens (tertiary/aromatic N) is 8. The van der Waals surface area contributed by atoms with Gasteiger partial charge in [-0.05, 0) is 0 Å². The van der Waals surface area contributed by atoms with Crippen LogP contribution in [0.4, 0.5) is 0 Å². The first kappa shape index (κ1) is 61.4. The van der Waals surface area contributed by atoms with Gasteiger partial charge in [0, 0.05) is 25.7 Å². The first-order valence-electron chi connectivity index (χ1n) is 23.6. The minimum atomic E-state index is -0.167. The van der Waals surface area contributed by atoms with Crippen LogP contribution in [0.3, 0.4) is 0 Å². The molecule has 0 atom stereocenters. The molecule has 0 saturated carbocycles. The first-order valence-corrected chi connectivity index (χ1v) is 52.9. The second-order valence-electron chi connectivity index (χ2n) is 16.3. The fourth-order valence-corrected chi connectivity index (χ4v) is 8.01. The molecule has 4 aliphatic heterocycles.